The molecule has 5 rings (SSSR count). The standard InChI is InChI=1S/C22H15BrN6OS/c1-13-2-8-18-17(10-13)27-22(31-18)14-3-5-15(6-4-14)26-21(30)20-16(23)7-9-19(28-20)29-11-24-25-12-29/h2-12H,1H3,(H,26,30). The van der Waals surface area contributed by atoms with Gasteiger partial charge in [-0.3, -0.25) is 9.36 Å². The van der Waals surface area contributed by atoms with Crippen LogP contribution in [0.5, 0.6) is 0 Å². The number of halogens is 1. The number of nitrogens with one attached hydrogen (secondary N) is 1. The number of nitrogens with zero attached hydrogens (tertiary/aromatic N) is 5. The number of amides is 1. The van der Waals surface area contributed by atoms with Crippen molar-refractivity contribution < 1.29 is 4.79 Å². The maximum Gasteiger partial charge on any atom is 0.275 e. The van der Waals surface area contributed by atoms with Gasteiger partial charge in [-0.2, -0.15) is 0 Å². The zero-order chi connectivity index (χ0) is 21.4. The van der Waals surface area contributed by atoms with E-state index in [1.54, 1.807) is 28.0 Å². The summed E-state index contributed by atoms with van der Waals surface area (Å²) in [6.07, 6.45) is 3.06. The van der Waals surface area contributed by atoms with Crippen molar-refractivity contribution in [2.24, 2.45) is 0 Å². The van der Waals surface area contributed by atoms with Crippen LogP contribution >= 0.6 is 27.3 Å². The summed E-state index contributed by atoms with van der Waals surface area (Å²) in [7, 11) is 0. The lowest BCUT2D eigenvalue weighted by molar-refractivity contribution is 0.102. The van der Waals surface area contributed by atoms with E-state index in [9.17, 15) is 4.79 Å². The lowest BCUT2D eigenvalue weighted by Gasteiger charge is -2.09. The molecule has 0 fully saturated rings. The topological polar surface area (TPSA) is 85.6 Å². The molecule has 0 unspecified atom stereocenters. The Morgan fingerprint density at radius 1 is 1.00 bits per heavy atom. The number of benzene rings is 2. The SMILES string of the molecule is Cc1ccc2sc(-c3ccc(NC(=O)c4nc(-n5cnnc5)ccc4Br)cc3)nc2c1. The largest absolute Gasteiger partial charge is 0.321 e. The third-order valence-corrected chi connectivity index (χ3v) is 6.39. The van der Waals surface area contributed by atoms with Gasteiger partial charge in [0.2, 0.25) is 0 Å². The molecule has 1 amide bonds. The van der Waals surface area contributed by atoms with E-state index in [4.69, 9.17) is 4.98 Å². The minimum absolute atomic E-state index is 0.275. The molecule has 0 aliphatic carbocycles. The molecule has 152 valence electrons. The van der Waals surface area contributed by atoms with E-state index in [0.717, 1.165) is 20.8 Å². The fraction of sp³-hybridized carbons (Fsp3) is 0.0455. The van der Waals surface area contributed by atoms with Crippen molar-refractivity contribution in [3.05, 3.63) is 83.0 Å². The Morgan fingerprint density at radius 2 is 1.77 bits per heavy atom. The molecule has 9 heteroatoms. The van der Waals surface area contributed by atoms with E-state index < -0.39 is 0 Å². The molecule has 0 spiro atoms. The van der Waals surface area contributed by atoms with E-state index in [2.05, 4.69) is 61.6 Å². The molecule has 31 heavy (non-hydrogen) atoms. The molecule has 2 aromatic carbocycles. The first kappa shape index (κ1) is 19.5. The Balaban J connectivity index is 1.37. The van der Waals surface area contributed by atoms with Gasteiger partial charge in [-0.15, -0.1) is 21.5 Å². The van der Waals surface area contributed by atoms with Crippen LogP contribution in [0.2, 0.25) is 0 Å². The minimum Gasteiger partial charge on any atom is -0.321 e. The molecular weight excluding hydrogens is 476 g/mol. The molecule has 0 radical (unpaired) electrons. The van der Waals surface area contributed by atoms with Crippen LogP contribution in [0.1, 0.15) is 16.1 Å². The highest BCUT2D eigenvalue weighted by atomic mass is 79.9. The summed E-state index contributed by atoms with van der Waals surface area (Å²) in [6.45, 7) is 2.06. The van der Waals surface area contributed by atoms with Crippen molar-refractivity contribution in [3.63, 3.8) is 0 Å². The number of rotatable bonds is 4. The van der Waals surface area contributed by atoms with Gasteiger partial charge in [0.15, 0.2) is 0 Å². The van der Waals surface area contributed by atoms with Gasteiger partial charge in [0.05, 0.1) is 10.2 Å². The molecule has 0 aliphatic rings. The van der Waals surface area contributed by atoms with Gasteiger partial charge in [0.25, 0.3) is 5.91 Å². The van der Waals surface area contributed by atoms with Crippen molar-refractivity contribution in [1.82, 2.24) is 24.7 Å². The summed E-state index contributed by atoms with van der Waals surface area (Å²) in [4.78, 5) is 22.0. The fourth-order valence-electron chi connectivity index (χ4n) is 3.10. The predicted octanol–water partition coefficient (Wildman–Crippen LogP) is 5.26. The van der Waals surface area contributed by atoms with Crippen LogP contribution in [0.3, 0.4) is 0 Å². The van der Waals surface area contributed by atoms with Crippen LogP contribution in [0.25, 0.3) is 26.6 Å². The predicted molar refractivity (Wildman–Crippen MR) is 125 cm³/mol. The fourth-order valence-corrected chi connectivity index (χ4v) is 4.45. The maximum absolute atomic E-state index is 12.8. The molecule has 0 aliphatic heterocycles. The van der Waals surface area contributed by atoms with Gasteiger partial charge in [0, 0.05) is 15.7 Å². The second-order valence-corrected chi connectivity index (χ2v) is 8.78. The molecule has 0 bridgehead atoms. The van der Waals surface area contributed by atoms with Crippen molar-refractivity contribution in [2.45, 2.75) is 6.92 Å². The van der Waals surface area contributed by atoms with Crippen molar-refractivity contribution in [1.29, 1.82) is 0 Å². The van der Waals surface area contributed by atoms with E-state index in [0.29, 0.717) is 16.0 Å². The highest BCUT2D eigenvalue weighted by Crippen LogP contribution is 2.31. The average Bonchev–Trinajstić information content (AvgIpc) is 3.44. The van der Waals surface area contributed by atoms with Gasteiger partial charge in [0.1, 0.15) is 29.2 Å². The lowest BCUT2D eigenvalue weighted by Crippen LogP contribution is -2.15. The van der Waals surface area contributed by atoms with Gasteiger partial charge in [-0.25, -0.2) is 9.97 Å². The molecule has 5 aromatic rings. The van der Waals surface area contributed by atoms with Gasteiger partial charge in [-0.05, 0) is 76.9 Å². The highest BCUT2D eigenvalue weighted by Gasteiger charge is 2.14. The monoisotopic (exact) mass is 490 g/mol. The van der Waals surface area contributed by atoms with Gasteiger partial charge in [-0.1, -0.05) is 6.07 Å². The Labute approximate surface area is 189 Å². The molecule has 3 aromatic heterocycles. The van der Waals surface area contributed by atoms with Crippen molar-refractivity contribution in [2.75, 3.05) is 5.32 Å². The smallest absolute Gasteiger partial charge is 0.275 e. The van der Waals surface area contributed by atoms with Crippen LogP contribution < -0.4 is 5.32 Å². The summed E-state index contributed by atoms with van der Waals surface area (Å²) in [6, 6.07) is 17.5. The number of thiazole rings is 1. The first-order valence-corrected chi connectivity index (χ1v) is 11.0. The number of aryl methyl sites for hydroxylation is 1. The van der Waals surface area contributed by atoms with E-state index >= 15 is 0 Å². The molecule has 3 heterocycles. The number of hydrogen-bond donors (Lipinski definition) is 1. The first-order chi connectivity index (χ1) is 15.1. The zero-order valence-electron chi connectivity index (χ0n) is 16.3. The number of pyridine rings is 1. The zero-order valence-corrected chi connectivity index (χ0v) is 18.7. The summed E-state index contributed by atoms with van der Waals surface area (Å²) in [5, 5.41) is 11.4. The normalized spacial score (nSPS) is 11.0. The number of carbonyl (C=O) groups excluding carboxylic acids is 1. The van der Waals surface area contributed by atoms with Crippen LogP contribution in [-0.2, 0) is 0 Å². The second-order valence-electron chi connectivity index (χ2n) is 6.89. The molecule has 1 N–H and O–H groups in total. The summed E-state index contributed by atoms with van der Waals surface area (Å²) in [5.74, 6) is 0.241. The third kappa shape index (κ3) is 3.97. The lowest BCUT2D eigenvalue weighted by atomic mass is 10.2. The second kappa shape index (κ2) is 8.01. The number of hydrogen-bond acceptors (Lipinski definition) is 6. The molecule has 0 saturated heterocycles. The average molecular weight is 491 g/mol. The van der Waals surface area contributed by atoms with E-state index in [1.165, 1.54) is 18.2 Å². The number of carbonyl (C=O) groups is 1. The molecule has 0 atom stereocenters. The Morgan fingerprint density at radius 3 is 2.55 bits per heavy atom. The van der Waals surface area contributed by atoms with E-state index in [-0.39, 0.29) is 11.6 Å². The quantitative estimate of drug-likeness (QED) is 0.371. The Kier molecular flexibility index (Phi) is 5.05. The number of anilines is 1. The molecule has 7 nitrogen and oxygen atoms in total. The van der Waals surface area contributed by atoms with Crippen LogP contribution in [0, 0.1) is 6.92 Å². The van der Waals surface area contributed by atoms with E-state index in [1.807, 2.05) is 24.3 Å². The third-order valence-electron chi connectivity index (χ3n) is 4.66. The molecule has 0 saturated carbocycles. The van der Waals surface area contributed by atoms with Crippen LogP contribution in [0.15, 0.2) is 71.7 Å². The number of fused-ring (bicyclic) bond motifs is 1. The highest BCUT2D eigenvalue weighted by molar-refractivity contribution is 9.10. The summed E-state index contributed by atoms with van der Waals surface area (Å²) >= 11 is 5.05. The maximum atomic E-state index is 12.8. The van der Waals surface area contributed by atoms with Gasteiger partial charge >= 0.3 is 0 Å². The number of aromatic nitrogens is 5. The first-order valence-electron chi connectivity index (χ1n) is 9.37. The van der Waals surface area contributed by atoms with Crippen molar-refractivity contribution in [3.8, 4) is 16.4 Å². The van der Waals surface area contributed by atoms with Crippen LogP contribution in [-0.4, -0.2) is 30.6 Å². The van der Waals surface area contributed by atoms with Gasteiger partial charge < -0.3 is 5.32 Å². The molecular formula is C22H15BrN6OS. The summed E-state index contributed by atoms with van der Waals surface area (Å²) < 4.78 is 3.39. The Bertz CT molecular complexity index is 1400. The Hall–Kier alpha value is -3.43. The summed E-state index contributed by atoms with van der Waals surface area (Å²) in [5.41, 5.74) is 4.15. The minimum atomic E-state index is -0.315. The van der Waals surface area contributed by atoms with Crippen LogP contribution in [0.4, 0.5) is 5.69 Å². The van der Waals surface area contributed by atoms with Crippen molar-refractivity contribution >= 4 is 49.1 Å².